The van der Waals surface area contributed by atoms with Crippen molar-refractivity contribution in [3.63, 3.8) is 0 Å². The molecule has 0 aromatic carbocycles. The van der Waals surface area contributed by atoms with Gasteiger partial charge in [-0.3, -0.25) is 4.79 Å². The molecule has 0 aliphatic heterocycles. The smallest absolute Gasteiger partial charge is 0.146 e. The first-order valence-corrected chi connectivity index (χ1v) is 6.27. The van der Waals surface area contributed by atoms with Crippen LogP contribution < -0.4 is 0 Å². The maximum Gasteiger partial charge on any atom is 0.146 e. The van der Waals surface area contributed by atoms with Crippen LogP contribution in [-0.4, -0.2) is 12.6 Å². The van der Waals surface area contributed by atoms with Gasteiger partial charge in [0.15, 0.2) is 0 Å². The number of aldehydes is 2. The van der Waals surface area contributed by atoms with E-state index in [0.29, 0.717) is 22.8 Å². The van der Waals surface area contributed by atoms with Crippen molar-refractivity contribution in [2.45, 2.75) is 33.6 Å². The largest absolute Gasteiger partial charge is 0.302 e. The Balaban J connectivity index is 2.40. The Bertz CT molecular complexity index is 401. The van der Waals surface area contributed by atoms with E-state index in [1.807, 2.05) is 12.2 Å². The minimum Gasteiger partial charge on any atom is -0.302 e. The zero-order chi connectivity index (χ0) is 12.6. The third-order valence-corrected chi connectivity index (χ3v) is 4.18. The highest BCUT2D eigenvalue weighted by atomic mass is 16.1. The summed E-state index contributed by atoms with van der Waals surface area (Å²) in [4.78, 5) is 22.1. The van der Waals surface area contributed by atoms with Gasteiger partial charge in [-0.15, -0.1) is 0 Å². The third kappa shape index (κ3) is 2.26. The van der Waals surface area contributed by atoms with Gasteiger partial charge in [0.2, 0.25) is 0 Å². The van der Waals surface area contributed by atoms with E-state index >= 15 is 0 Å². The molecule has 0 aromatic rings. The Kier molecular flexibility index (Phi) is 3.07. The summed E-state index contributed by atoms with van der Waals surface area (Å²) in [6.45, 7) is 6.65. The van der Waals surface area contributed by atoms with E-state index in [0.717, 1.165) is 25.4 Å². The highest BCUT2D eigenvalue weighted by Gasteiger charge is 2.40. The van der Waals surface area contributed by atoms with E-state index < -0.39 is 0 Å². The molecule has 0 aromatic heterocycles. The quantitative estimate of drug-likeness (QED) is 0.542. The molecule has 0 radical (unpaired) electrons. The van der Waals surface area contributed by atoms with Crippen molar-refractivity contribution in [2.75, 3.05) is 0 Å². The van der Waals surface area contributed by atoms with Gasteiger partial charge in [-0.2, -0.15) is 0 Å². The highest BCUT2D eigenvalue weighted by molar-refractivity contribution is 5.83. The monoisotopic (exact) mass is 232 g/mol. The zero-order valence-electron chi connectivity index (χ0n) is 10.8. The molecule has 0 saturated heterocycles. The number of fused-ring (bicyclic) bond motifs is 1. The van der Waals surface area contributed by atoms with Gasteiger partial charge in [0.25, 0.3) is 0 Å². The van der Waals surface area contributed by atoms with E-state index in [4.69, 9.17) is 0 Å². The van der Waals surface area contributed by atoms with Crippen molar-refractivity contribution < 1.29 is 9.59 Å². The SMILES string of the molecule is CC1=CC(C=O)C(C=O)=C[C@H]2CC(C)(C)C[C@H]12. The normalized spacial score (nSPS) is 35.4. The summed E-state index contributed by atoms with van der Waals surface area (Å²) in [6, 6.07) is 0. The van der Waals surface area contributed by atoms with Gasteiger partial charge in [-0.05, 0) is 37.0 Å². The van der Waals surface area contributed by atoms with Gasteiger partial charge in [-0.1, -0.05) is 31.6 Å². The van der Waals surface area contributed by atoms with Gasteiger partial charge in [0.1, 0.15) is 12.6 Å². The molecule has 0 spiro atoms. The van der Waals surface area contributed by atoms with Crippen molar-refractivity contribution in [1.29, 1.82) is 0 Å². The Morgan fingerprint density at radius 3 is 2.53 bits per heavy atom. The summed E-state index contributed by atoms with van der Waals surface area (Å²) in [6.07, 6.45) is 7.98. The summed E-state index contributed by atoms with van der Waals surface area (Å²) >= 11 is 0. The minimum absolute atomic E-state index is 0.332. The molecule has 3 atom stereocenters. The maximum atomic E-state index is 11.1. The standard InChI is InChI=1S/C15H20O2/c1-10-4-12(8-16)13(9-17)5-11-6-15(2,3)7-14(10)11/h4-5,8-9,11-12,14H,6-7H2,1-3H3/t11-,12?,14+/m0/s1. The predicted molar refractivity (Wildman–Crippen MR) is 67.5 cm³/mol. The van der Waals surface area contributed by atoms with Gasteiger partial charge >= 0.3 is 0 Å². The van der Waals surface area contributed by atoms with Gasteiger partial charge in [-0.25, -0.2) is 0 Å². The average Bonchev–Trinajstić information content (AvgIpc) is 2.52. The van der Waals surface area contributed by atoms with Crippen LogP contribution in [0.25, 0.3) is 0 Å². The van der Waals surface area contributed by atoms with Gasteiger partial charge < -0.3 is 4.79 Å². The summed E-state index contributed by atoms with van der Waals surface area (Å²) in [5.41, 5.74) is 2.25. The van der Waals surface area contributed by atoms with Crippen LogP contribution in [0.2, 0.25) is 0 Å². The number of allylic oxidation sites excluding steroid dienone is 4. The molecule has 2 nitrogen and oxygen atoms in total. The van der Waals surface area contributed by atoms with Crippen LogP contribution >= 0.6 is 0 Å². The lowest BCUT2D eigenvalue weighted by molar-refractivity contribution is -0.111. The molecule has 17 heavy (non-hydrogen) atoms. The van der Waals surface area contributed by atoms with Gasteiger partial charge in [0, 0.05) is 5.57 Å². The van der Waals surface area contributed by atoms with E-state index in [-0.39, 0.29) is 5.92 Å². The lowest BCUT2D eigenvalue weighted by atomic mass is 9.88. The molecule has 1 fully saturated rings. The van der Waals surface area contributed by atoms with E-state index in [1.165, 1.54) is 5.57 Å². The highest BCUT2D eigenvalue weighted by Crippen LogP contribution is 2.50. The fourth-order valence-electron chi connectivity index (χ4n) is 3.38. The van der Waals surface area contributed by atoms with Crippen molar-refractivity contribution in [3.05, 3.63) is 23.3 Å². The number of carbonyl (C=O) groups is 2. The van der Waals surface area contributed by atoms with Crippen LogP contribution in [0.15, 0.2) is 23.3 Å². The zero-order valence-corrected chi connectivity index (χ0v) is 10.8. The molecule has 0 bridgehead atoms. The van der Waals surface area contributed by atoms with E-state index in [2.05, 4.69) is 20.8 Å². The first-order chi connectivity index (χ1) is 7.96. The molecular formula is C15H20O2. The molecular weight excluding hydrogens is 212 g/mol. The lowest BCUT2D eigenvalue weighted by Gasteiger charge is -2.17. The molecule has 92 valence electrons. The lowest BCUT2D eigenvalue weighted by Crippen LogP contribution is -2.07. The molecule has 0 N–H and O–H groups in total. The summed E-state index contributed by atoms with van der Waals surface area (Å²) in [5.74, 6) is 0.595. The maximum absolute atomic E-state index is 11.1. The summed E-state index contributed by atoms with van der Waals surface area (Å²) in [7, 11) is 0. The second-order valence-corrected chi connectivity index (χ2v) is 6.20. The topological polar surface area (TPSA) is 34.1 Å². The fraction of sp³-hybridized carbons (Fsp3) is 0.600. The molecule has 1 saturated carbocycles. The Labute approximate surface area is 103 Å². The first kappa shape index (κ1) is 12.3. The second-order valence-electron chi connectivity index (χ2n) is 6.20. The van der Waals surface area contributed by atoms with Crippen molar-refractivity contribution in [1.82, 2.24) is 0 Å². The minimum atomic E-state index is -0.332. The summed E-state index contributed by atoms with van der Waals surface area (Å²) < 4.78 is 0. The number of hydrogen-bond acceptors (Lipinski definition) is 2. The second kappa shape index (κ2) is 4.25. The molecule has 2 rings (SSSR count). The van der Waals surface area contributed by atoms with Crippen molar-refractivity contribution in [2.24, 2.45) is 23.2 Å². The van der Waals surface area contributed by atoms with Crippen molar-refractivity contribution >= 4 is 12.6 Å². The Hall–Kier alpha value is -1.18. The van der Waals surface area contributed by atoms with Crippen LogP contribution in [0.3, 0.4) is 0 Å². The predicted octanol–water partition coefficient (Wildman–Crippen LogP) is 2.94. The Morgan fingerprint density at radius 1 is 1.24 bits per heavy atom. The van der Waals surface area contributed by atoms with Crippen LogP contribution in [0, 0.1) is 23.2 Å². The summed E-state index contributed by atoms with van der Waals surface area (Å²) in [5, 5.41) is 0. The number of rotatable bonds is 2. The van der Waals surface area contributed by atoms with Crippen LogP contribution in [0.1, 0.15) is 33.6 Å². The molecule has 0 amide bonds. The van der Waals surface area contributed by atoms with Crippen LogP contribution in [0.5, 0.6) is 0 Å². The Morgan fingerprint density at radius 2 is 1.94 bits per heavy atom. The molecule has 0 heterocycles. The van der Waals surface area contributed by atoms with E-state index in [9.17, 15) is 9.59 Å². The van der Waals surface area contributed by atoms with Gasteiger partial charge in [0.05, 0.1) is 5.92 Å². The third-order valence-electron chi connectivity index (χ3n) is 4.18. The molecule has 2 aliphatic carbocycles. The molecule has 2 heteroatoms. The molecule has 2 aliphatic rings. The van der Waals surface area contributed by atoms with Crippen LogP contribution in [-0.2, 0) is 9.59 Å². The van der Waals surface area contributed by atoms with E-state index in [1.54, 1.807) is 0 Å². The van der Waals surface area contributed by atoms with Crippen LogP contribution in [0.4, 0.5) is 0 Å². The first-order valence-electron chi connectivity index (χ1n) is 6.27. The fourth-order valence-corrected chi connectivity index (χ4v) is 3.38. The molecule has 1 unspecified atom stereocenters. The van der Waals surface area contributed by atoms with Crippen molar-refractivity contribution in [3.8, 4) is 0 Å². The number of hydrogen-bond donors (Lipinski definition) is 0. The number of carbonyl (C=O) groups excluding carboxylic acids is 2. The average molecular weight is 232 g/mol.